The Bertz CT molecular complexity index is 953. The predicted octanol–water partition coefficient (Wildman–Crippen LogP) is 4.61. The highest BCUT2D eigenvalue weighted by atomic mass is 16.3. The van der Waals surface area contributed by atoms with Crippen molar-refractivity contribution < 1.29 is 5.11 Å². The van der Waals surface area contributed by atoms with Crippen molar-refractivity contribution >= 4 is 5.82 Å². The van der Waals surface area contributed by atoms with Crippen LogP contribution in [0.1, 0.15) is 42.8 Å². The zero-order valence-electron chi connectivity index (χ0n) is 16.5. The lowest BCUT2D eigenvalue weighted by Crippen LogP contribution is -2.24. The molecule has 0 aliphatic heterocycles. The molecule has 0 radical (unpaired) electrons. The molecule has 2 N–H and O–H groups in total. The van der Waals surface area contributed by atoms with Gasteiger partial charge in [0.2, 0.25) is 0 Å². The minimum Gasteiger partial charge on any atom is -0.374 e. The van der Waals surface area contributed by atoms with Crippen molar-refractivity contribution in [3.8, 4) is 11.3 Å². The lowest BCUT2D eigenvalue weighted by Gasteiger charge is -2.23. The lowest BCUT2D eigenvalue weighted by atomic mass is 9.91. The molecule has 1 heterocycles. The summed E-state index contributed by atoms with van der Waals surface area (Å²) in [5.74, 6) is 1.10. The van der Waals surface area contributed by atoms with E-state index in [4.69, 9.17) is 9.97 Å². The molecule has 1 aliphatic carbocycles. The van der Waals surface area contributed by atoms with Crippen LogP contribution in [0.5, 0.6) is 0 Å². The first-order valence-electron chi connectivity index (χ1n) is 10.1. The van der Waals surface area contributed by atoms with Gasteiger partial charge in [0.25, 0.3) is 0 Å². The van der Waals surface area contributed by atoms with Crippen LogP contribution < -0.4 is 5.32 Å². The number of fused-ring (bicyclic) bond motifs is 3. The van der Waals surface area contributed by atoms with Crippen LogP contribution in [0.15, 0.2) is 54.6 Å². The van der Waals surface area contributed by atoms with E-state index in [0.717, 1.165) is 29.9 Å². The number of aromatic nitrogens is 2. The van der Waals surface area contributed by atoms with Crippen molar-refractivity contribution in [2.45, 2.75) is 45.8 Å². The Kier molecular flexibility index (Phi) is 5.40. The third kappa shape index (κ3) is 4.07. The van der Waals surface area contributed by atoms with E-state index in [-0.39, 0.29) is 0 Å². The zero-order chi connectivity index (χ0) is 19.5. The van der Waals surface area contributed by atoms with Gasteiger partial charge in [-0.3, -0.25) is 0 Å². The van der Waals surface area contributed by atoms with Gasteiger partial charge in [-0.15, -0.1) is 0 Å². The Morgan fingerprint density at radius 2 is 1.71 bits per heavy atom. The SMILES string of the molecule is CC(C)CC(O)Nc1nc2c(nc1Cc1ccccc1)-c1ccccc1CC2. The Balaban J connectivity index is 1.74. The second kappa shape index (κ2) is 8.11. The zero-order valence-corrected chi connectivity index (χ0v) is 16.5. The second-order valence-electron chi connectivity index (χ2n) is 7.92. The highest BCUT2D eigenvalue weighted by Gasteiger charge is 2.22. The van der Waals surface area contributed by atoms with Crippen molar-refractivity contribution in [2.75, 3.05) is 5.32 Å². The fourth-order valence-corrected chi connectivity index (χ4v) is 3.81. The largest absolute Gasteiger partial charge is 0.374 e. The number of aryl methyl sites for hydroxylation is 2. The van der Waals surface area contributed by atoms with Crippen molar-refractivity contribution in [3.63, 3.8) is 0 Å². The van der Waals surface area contributed by atoms with Crippen LogP contribution in [0.3, 0.4) is 0 Å². The summed E-state index contributed by atoms with van der Waals surface area (Å²) in [5, 5.41) is 13.7. The number of nitrogens with one attached hydrogen (secondary N) is 1. The van der Waals surface area contributed by atoms with E-state index < -0.39 is 6.23 Å². The molecule has 4 rings (SSSR count). The first-order chi connectivity index (χ1) is 13.6. The number of rotatable bonds is 6. The summed E-state index contributed by atoms with van der Waals surface area (Å²) in [6, 6.07) is 18.8. The van der Waals surface area contributed by atoms with Gasteiger partial charge in [0.15, 0.2) is 0 Å². The van der Waals surface area contributed by atoms with Gasteiger partial charge >= 0.3 is 0 Å². The van der Waals surface area contributed by atoms with Gasteiger partial charge in [0, 0.05) is 12.0 Å². The fourth-order valence-electron chi connectivity index (χ4n) is 3.81. The van der Waals surface area contributed by atoms with Gasteiger partial charge in [-0.25, -0.2) is 9.97 Å². The van der Waals surface area contributed by atoms with Gasteiger partial charge in [-0.05, 0) is 36.3 Å². The summed E-state index contributed by atoms with van der Waals surface area (Å²) in [6.07, 6.45) is 2.58. The highest BCUT2D eigenvalue weighted by Crippen LogP contribution is 2.33. The van der Waals surface area contributed by atoms with Crippen LogP contribution >= 0.6 is 0 Å². The number of anilines is 1. The Labute approximate surface area is 166 Å². The molecular formula is C24H27N3O. The second-order valence-corrected chi connectivity index (χ2v) is 7.92. The lowest BCUT2D eigenvalue weighted by molar-refractivity contribution is 0.175. The van der Waals surface area contributed by atoms with E-state index >= 15 is 0 Å². The fraction of sp³-hybridized carbons (Fsp3) is 0.333. The van der Waals surface area contributed by atoms with Crippen LogP contribution in [0, 0.1) is 5.92 Å². The van der Waals surface area contributed by atoms with E-state index in [1.807, 2.05) is 18.2 Å². The predicted molar refractivity (Wildman–Crippen MR) is 113 cm³/mol. The van der Waals surface area contributed by atoms with Gasteiger partial charge in [-0.1, -0.05) is 68.4 Å². The summed E-state index contributed by atoms with van der Waals surface area (Å²) in [4.78, 5) is 9.97. The molecule has 0 bridgehead atoms. The molecule has 2 aromatic carbocycles. The molecule has 1 aliphatic rings. The maximum Gasteiger partial charge on any atom is 0.150 e. The topological polar surface area (TPSA) is 58.0 Å². The number of nitrogens with zero attached hydrogens (tertiary/aromatic N) is 2. The number of aliphatic hydroxyl groups excluding tert-OH is 1. The molecule has 1 atom stereocenters. The summed E-state index contributed by atoms with van der Waals surface area (Å²) >= 11 is 0. The summed E-state index contributed by atoms with van der Waals surface area (Å²) in [6.45, 7) is 4.20. The van der Waals surface area contributed by atoms with Crippen molar-refractivity contribution in [1.82, 2.24) is 9.97 Å². The van der Waals surface area contributed by atoms with Crippen LogP contribution in [0.25, 0.3) is 11.3 Å². The monoisotopic (exact) mass is 373 g/mol. The Morgan fingerprint density at radius 3 is 2.50 bits per heavy atom. The first kappa shape index (κ1) is 18.6. The summed E-state index contributed by atoms with van der Waals surface area (Å²) in [7, 11) is 0. The Morgan fingerprint density at radius 1 is 0.964 bits per heavy atom. The van der Waals surface area contributed by atoms with E-state index in [0.29, 0.717) is 24.6 Å². The van der Waals surface area contributed by atoms with Crippen LogP contribution in [-0.2, 0) is 19.3 Å². The standard InChI is InChI=1S/C24H27N3O/c1-16(2)14-22(28)27-24-21(15-17-8-4-3-5-9-17)25-23-19-11-7-6-10-18(19)12-13-20(23)26-24/h3-11,16,22,28H,12-15H2,1-2H3,(H,26,27). The van der Waals surface area contributed by atoms with Crippen LogP contribution in [-0.4, -0.2) is 21.3 Å². The molecule has 1 aromatic heterocycles. The molecule has 0 amide bonds. The van der Waals surface area contributed by atoms with Crippen molar-refractivity contribution in [2.24, 2.45) is 5.92 Å². The number of hydrogen-bond donors (Lipinski definition) is 2. The van der Waals surface area contributed by atoms with Gasteiger partial charge < -0.3 is 10.4 Å². The van der Waals surface area contributed by atoms with E-state index in [9.17, 15) is 5.11 Å². The molecular weight excluding hydrogens is 346 g/mol. The number of benzene rings is 2. The molecule has 28 heavy (non-hydrogen) atoms. The molecule has 3 aromatic rings. The molecule has 4 nitrogen and oxygen atoms in total. The molecule has 0 saturated carbocycles. The highest BCUT2D eigenvalue weighted by molar-refractivity contribution is 5.69. The van der Waals surface area contributed by atoms with Gasteiger partial charge in [0.05, 0.1) is 17.1 Å². The maximum atomic E-state index is 10.4. The third-order valence-electron chi connectivity index (χ3n) is 5.16. The summed E-state index contributed by atoms with van der Waals surface area (Å²) < 4.78 is 0. The number of hydrogen-bond acceptors (Lipinski definition) is 4. The molecule has 1 unspecified atom stereocenters. The van der Waals surface area contributed by atoms with E-state index in [2.05, 4.69) is 55.6 Å². The third-order valence-corrected chi connectivity index (χ3v) is 5.16. The van der Waals surface area contributed by atoms with E-state index in [1.54, 1.807) is 0 Å². The molecule has 4 heteroatoms. The quantitative estimate of drug-likeness (QED) is 0.620. The van der Waals surface area contributed by atoms with Crippen LogP contribution in [0.4, 0.5) is 5.82 Å². The van der Waals surface area contributed by atoms with Gasteiger partial charge in [-0.2, -0.15) is 0 Å². The maximum absolute atomic E-state index is 10.4. The van der Waals surface area contributed by atoms with E-state index in [1.165, 1.54) is 16.7 Å². The molecule has 0 fully saturated rings. The normalized spacial score (nSPS) is 13.7. The van der Waals surface area contributed by atoms with Crippen molar-refractivity contribution in [1.29, 1.82) is 0 Å². The molecule has 0 spiro atoms. The minimum atomic E-state index is -0.627. The average Bonchev–Trinajstić information content (AvgIpc) is 2.68. The Hall–Kier alpha value is -2.72. The number of aliphatic hydroxyl groups is 1. The van der Waals surface area contributed by atoms with Crippen LogP contribution in [0.2, 0.25) is 0 Å². The smallest absolute Gasteiger partial charge is 0.150 e. The summed E-state index contributed by atoms with van der Waals surface area (Å²) in [5.41, 5.74) is 6.56. The van der Waals surface area contributed by atoms with Crippen molar-refractivity contribution in [3.05, 3.63) is 77.1 Å². The molecule has 144 valence electrons. The molecule has 0 saturated heterocycles. The average molecular weight is 374 g/mol. The first-order valence-corrected chi connectivity index (χ1v) is 10.1. The minimum absolute atomic E-state index is 0.400. The van der Waals surface area contributed by atoms with Gasteiger partial charge in [0.1, 0.15) is 12.0 Å².